The summed E-state index contributed by atoms with van der Waals surface area (Å²) in [4.78, 5) is 26.8. The summed E-state index contributed by atoms with van der Waals surface area (Å²) in [5.74, 6) is -0.760. The molecule has 1 heterocycles. The average molecular weight is 494 g/mol. The van der Waals surface area contributed by atoms with Gasteiger partial charge in [-0.25, -0.2) is 13.2 Å². The normalized spacial score (nSPS) is 14.2. The Morgan fingerprint density at radius 3 is 2.14 bits per heavy atom. The van der Waals surface area contributed by atoms with Gasteiger partial charge in [0.25, 0.3) is 10.0 Å². The first-order chi connectivity index (χ1) is 16.8. The maximum atomic E-state index is 13.6. The molecule has 0 spiro atoms. The van der Waals surface area contributed by atoms with Gasteiger partial charge < -0.3 is 14.2 Å². The van der Waals surface area contributed by atoms with E-state index in [9.17, 15) is 18.0 Å². The second-order valence-corrected chi connectivity index (χ2v) is 9.33. The molecule has 0 saturated carbocycles. The molecule has 0 bridgehead atoms. The summed E-state index contributed by atoms with van der Waals surface area (Å²) in [6.07, 6.45) is 0. The number of ketones is 1. The number of fused-ring (bicyclic) bond motifs is 1. The van der Waals surface area contributed by atoms with E-state index in [0.717, 1.165) is 4.31 Å². The minimum absolute atomic E-state index is 0.0397. The summed E-state index contributed by atoms with van der Waals surface area (Å²) in [5, 5.41) is 0. The van der Waals surface area contributed by atoms with E-state index in [-0.39, 0.29) is 39.6 Å². The molecule has 0 atom stereocenters. The molecule has 0 saturated heterocycles. The second kappa shape index (κ2) is 9.63. The van der Waals surface area contributed by atoms with Crippen LogP contribution in [0.5, 0.6) is 11.5 Å². The summed E-state index contributed by atoms with van der Waals surface area (Å²) < 4.78 is 44.0. The summed E-state index contributed by atoms with van der Waals surface area (Å²) in [7, 11) is -1.15. The third kappa shape index (κ3) is 4.26. The predicted molar refractivity (Wildman–Crippen MR) is 129 cm³/mol. The highest BCUT2D eigenvalue weighted by molar-refractivity contribution is 7.89. The van der Waals surface area contributed by atoms with E-state index in [1.54, 1.807) is 55.5 Å². The van der Waals surface area contributed by atoms with Crippen LogP contribution in [0, 0.1) is 0 Å². The van der Waals surface area contributed by atoms with Crippen molar-refractivity contribution in [1.29, 1.82) is 0 Å². The molecule has 1 aliphatic rings. The molecule has 4 rings (SSSR count). The standard InChI is InChI=1S/C26H23NO7S/c1-4-27-23(24(28)17-10-6-5-7-11-17)25(19-12-8-9-13-22(19)35(27,30)31)34-26(29)18-14-15-20(32-2)21(16-18)33-3/h5-16H,4H2,1-3H3. The highest BCUT2D eigenvalue weighted by atomic mass is 32.2. The fourth-order valence-electron chi connectivity index (χ4n) is 3.85. The van der Waals surface area contributed by atoms with E-state index < -0.39 is 21.8 Å². The highest BCUT2D eigenvalue weighted by Gasteiger charge is 2.41. The molecule has 0 N–H and O–H groups in total. The van der Waals surface area contributed by atoms with Gasteiger partial charge in [0, 0.05) is 17.7 Å². The van der Waals surface area contributed by atoms with Crippen LogP contribution in [-0.2, 0) is 14.8 Å². The summed E-state index contributed by atoms with van der Waals surface area (Å²) in [6.45, 7) is 1.57. The zero-order chi connectivity index (χ0) is 25.2. The number of ether oxygens (including phenoxy) is 3. The zero-order valence-electron chi connectivity index (χ0n) is 19.3. The molecule has 0 aliphatic carbocycles. The van der Waals surface area contributed by atoms with Crippen molar-refractivity contribution in [1.82, 2.24) is 4.31 Å². The number of hydrogen-bond acceptors (Lipinski definition) is 7. The molecule has 8 nitrogen and oxygen atoms in total. The molecule has 0 aromatic heterocycles. The van der Waals surface area contributed by atoms with E-state index in [1.807, 2.05) is 0 Å². The SMILES string of the molecule is CCN1C(C(=O)c2ccccc2)=C(OC(=O)c2ccc(OC)c(OC)c2)c2ccccc2S1(=O)=O. The lowest BCUT2D eigenvalue weighted by Crippen LogP contribution is -2.38. The number of sulfonamides is 1. The van der Waals surface area contributed by atoms with Gasteiger partial charge in [-0.05, 0) is 37.3 Å². The smallest absolute Gasteiger partial charge is 0.343 e. The maximum absolute atomic E-state index is 13.6. The van der Waals surface area contributed by atoms with Gasteiger partial charge in [-0.15, -0.1) is 0 Å². The van der Waals surface area contributed by atoms with Crippen LogP contribution < -0.4 is 9.47 Å². The highest BCUT2D eigenvalue weighted by Crippen LogP contribution is 2.39. The van der Waals surface area contributed by atoms with Crippen LogP contribution in [0.15, 0.2) is 83.4 Å². The lowest BCUT2D eigenvalue weighted by Gasteiger charge is -2.32. The first kappa shape index (κ1) is 24.0. The Bertz CT molecular complexity index is 1430. The Morgan fingerprint density at radius 1 is 0.829 bits per heavy atom. The quantitative estimate of drug-likeness (QED) is 0.360. The number of allylic oxidation sites excluding steroid dienone is 1. The number of methoxy groups -OCH3 is 2. The number of rotatable bonds is 7. The monoisotopic (exact) mass is 493 g/mol. The average Bonchev–Trinajstić information content (AvgIpc) is 2.89. The van der Waals surface area contributed by atoms with Crippen LogP contribution in [-0.4, -0.2) is 45.2 Å². The van der Waals surface area contributed by atoms with Gasteiger partial charge in [-0.1, -0.05) is 42.5 Å². The fourth-order valence-corrected chi connectivity index (χ4v) is 5.52. The number of benzene rings is 3. The second-order valence-electron chi connectivity index (χ2n) is 7.50. The maximum Gasteiger partial charge on any atom is 0.343 e. The molecule has 1 aliphatic heterocycles. The Kier molecular flexibility index (Phi) is 6.61. The van der Waals surface area contributed by atoms with Gasteiger partial charge in [0.2, 0.25) is 5.78 Å². The number of carbonyl (C=O) groups excluding carboxylic acids is 2. The van der Waals surface area contributed by atoms with Gasteiger partial charge >= 0.3 is 5.97 Å². The molecule has 0 unspecified atom stereocenters. The van der Waals surface area contributed by atoms with Gasteiger partial charge in [0.15, 0.2) is 17.3 Å². The van der Waals surface area contributed by atoms with Crippen molar-refractivity contribution in [3.8, 4) is 11.5 Å². The Balaban J connectivity index is 1.91. The number of likely N-dealkylation sites (N-methyl/N-ethyl adjacent to an activating group) is 1. The van der Waals surface area contributed by atoms with Gasteiger partial charge in [0.05, 0.1) is 24.7 Å². The van der Waals surface area contributed by atoms with E-state index in [0.29, 0.717) is 11.5 Å². The van der Waals surface area contributed by atoms with Crippen LogP contribution in [0.3, 0.4) is 0 Å². The molecule has 0 radical (unpaired) electrons. The molecular weight excluding hydrogens is 470 g/mol. The van der Waals surface area contributed by atoms with Crippen molar-refractivity contribution >= 4 is 27.5 Å². The third-order valence-corrected chi connectivity index (χ3v) is 7.45. The molecule has 0 fully saturated rings. The Morgan fingerprint density at radius 2 is 1.49 bits per heavy atom. The number of hydrogen-bond donors (Lipinski definition) is 0. The molecule has 180 valence electrons. The van der Waals surface area contributed by atoms with Crippen molar-refractivity contribution in [3.63, 3.8) is 0 Å². The van der Waals surface area contributed by atoms with Crippen molar-refractivity contribution < 1.29 is 32.2 Å². The summed E-state index contributed by atoms with van der Waals surface area (Å²) in [5.41, 5.74) is 0.294. The summed E-state index contributed by atoms with van der Waals surface area (Å²) >= 11 is 0. The van der Waals surface area contributed by atoms with Crippen LogP contribution in [0.2, 0.25) is 0 Å². The van der Waals surface area contributed by atoms with E-state index in [1.165, 1.54) is 38.5 Å². The van der Waals surface area contributed by atoms with Crippen molar-refractivity contribution in [2.24, 2.45) is 0 Å². The van der Waals surface area contributed by atoms with E-state index in [4.69, 9.17) is 14.2 Å². The largest absolute Gasteiger partial charge is 0.493 e. The molecule has 0 amide bonds. The number of Topliss-reactive ketones (excluding diaryl/α,β-unsaturated/α-hetero) is 1. The molecule has 35 heavy (non-hydrogen) atoms. The Labute approximate surface area is 203 Å². The third-order valence-electron chi connectivity index (χ3n) is 5.52. The minimum atomic E-state index is -4.06. The summed E-state index contributed by atoms with van der Waals surface area (Å²) in [6, 6.07) is 18.8. The lowest BCUT2D eigenvalue weighted by molar-refractivity contribution is 0.0685. The fraction of sp³-hybridized carbons (Fsp3) is 0.154. The van der Waals surface area contributed by atoms with Crippen LogP contribution in [0.25, 0.3) is 5.76 Å². The predicted octanol–water partition coefficient (Wildman–Crippen LogP) is 4.14. The first-order valence-corrected chi connectivity index (χ1v) is 12.2. The minimum Gasteiger partial charge on any atom is -0.493 e. The molecule has 3 aromatic carbocycles. The number of carbonyl (C=O) groups is 2. The zero-order valence-corrected chi connectivity index (χ0v) is 20.2. The van der Waals surface area contributed by atoms with Crippen molar-refractivity contribution in [2.75, 3.05) is 20.8 Å². The number of esters is 1. The number of nitrogens with zero attached hydrogens (tertiary/aromatic N) is 1. The van der Waals surface area contributed by atoms with Crippen molar-refractivity contribution in [2.45, 2.75) is 11.8 Å². The van der Waals surface area contributed by atoms with E-state index >= 15 is 0 Å². The topological polar surface area (TPSA) is 99.2 Å². The molecule has 3 aromatic rings. The Hall–Kier alpha value is -4.11. The van der Waals surface area contributed by atoms with Crippen LogP contribution in [0.4, 0.5) is 0 Å². The van der Waals surface area contributed by atoms with E-state index in [2.05, 4.69) is 0 Å². The van der Waals surface area contributed by atoms with Crippen LogP contribution in [0.1, 0.15) is 33.2 Å². The van der Waals surface area contributed by atoms with Gasteiger partial charge in [0.1, 0.15) is 5.70 Å². The lowest BCUT2D eigenvalue weighted by atomic mass is 10.0. The molecular formula is C26H23NO7S. The van der Waals surface area contributed by atoms with Gasteiger partial charge in [-0.2, -0.15) is 0 Å². The van der Waals surface area contributed by atoms with Gasteiger partial charge in [-0.3, -0.25) is 9.10 Å². The van der Waals surface area contributed by atoms with Crippen LogP contribution >= 0.6 is 0 Å². The molecule has 9 heteroatoms. The first-order valence-electron chi connectivity index (χ1n) is 10.7. The van der Waals surface area contributed by atoms with Crippen molar-refractivity contribution in [3.05, 3.63) is 95.2 Å².